The number of hydrogen-bond donors (Lipinski definition) is 1. The third-order valence-electron chi connectivity index (χ3n) is 2.54. The molecule has 0 saturated carbocycles. The van der Waals surface area contributed by atoms with Crippen molar-refractivity contribution in [3.8, 4) is 5.75 Å². The summed E-state index contributed by atoms with van der Waals surface area (Å²) in [7, 11) is 0. The smallest absolute Gasteiger partial charge is 0.240 e. The van der Waals surface area contributed by atoms with Crippen LogP contribution in [0, 0.1) is 5.92 Å². The summed E-state index contributed by atoms with van der Waals surface area (Å²) in [4.78, 5) is 13.6. The fourth-order valence-corrected chi connectivity index (χ4v) is 1.80. The summed E-state index contributed by atoms with van der Waals surface area (Å²) in [6.07, 6.45) is 0.142. The maximum Gasteiger partial charge on any atom is 0.240 e. The lowest BCUT2D eigenvalue weighted by molar-refractivity contribution is -0.117. The molecule has 0 bridgehead atoms. The highest BCUT2D eigenvalue weighted by molar-refractivity contribution is 5.94. The van der Waals surface area contributed by atoms with E-state index in [1.54, 1.807) is 4.90 Å². The van der Waals surface area contributed by atoms with Gasteiger partial charge in [-0.15, -0.1) is 0 Å². The number of nitrogens with zero attached hydrogens (tertiary/aromatic N) is 1. The van der Waals surface area contributed by atoms with E-state index in [9.17, 15) is 4.79 Å². The topological polar surface area (TPSA) is 55.6 Å². The molecule has 0 unspecified atom stereocenters. The summed E-state index contributed by atoms with van der Waals surface area (Å²) in [6, 6.07) is 7.56. The third-order valence-corrected chi connectivity index (χ3v) is 2.54. The van der Waals surface area contributed by atoms with E-state index >= 15 is 0 Å². The van der Waals surface area contributed by atoms with Crippen molar-refractivity contribution >= 4 is 11.6 Å². The Bertz CT molecular complexity index is 399. The molecule has 1 aromatic carbocycles. The van der Waals surface area contributed by atoms with Crippen LogP contribution < -0.4 is 15.4 Å². The summed E-state index contributed by atoms with van der Waals surface area (Å²) in [6.45, 7) is 8.81. The number of rotatable bonds is 6. The van der Waals surface area contributed by atoms with E-state index in [0.717, 1.165) is 11.4 Å². The number of hydrogen-bond acceptors (Lipinski definition) is 3. The van der Waals surface area contributed by atoms with Crippen LogP contribution in [0.3, 0.4) is 0 Å². The zero-order valence-electron chi connectivity index (χ0n) is 12.2. The van der Waals surface area contributed by atoms with Crippen LogP contribution in [0.4, 0.5) is 5.69 Å². The van der Waals surface area contributed by atoms with Gasteiger partial charge in [0.25, 0.3) is 0 Å². The van der Waals surface area contributed by atoms with Gasteiger partial charge in [0, 0.05) is 12.2 Å². The van der Waals surface area contributed by atoms with Crippen LogP contribution in [0.2, 0.25) is 0 Å². The number of nitrogens with two attached hydrogens (primary N) is 1. The number of benzene rings is 1. The zero-order valence-corrected chi connectivity index (χ0v) is 12.2. The largest absolute Gasteiger partial charge is 0.491 e. The standard InChI is InChI=1S/C15H24N2O2/c1-11(2)10-17(15(18)9-16)13-5-7-14(8-6-13)19-12(3)4/h5-8,11-12H,9-10,16H2,1-4H3. The summed E-state index contributed by atoms with van der Waals surface area (Å²) in [5, 5.41) is 0. The second-order valence-electron chi connectivity index (χ2n) is 5.26. The van der Waals surface area contributed by atoms with E-state index in [1.807, 2.05) is 38.1 Å². The van der Waals surface area contributed by atoms with Crippen LogP contribution in [0.5, 0.6) is 5.75 Å². The van der Waals surface area contributed by atoms with Gasteiger partial charge >= 0.3 is 0 Å². The number of carbonyl (C=O) groups is 1. The van der Waals surface area contributed by atoms with Crippen LogP contribution >= 0.6 is 0 Å². The first-order valence-electron chi connectivity index (χ1n) is 6.71. The van der Waals surface area contributed by atoms with Crippen LogP contribution in [-0.2, 0) is 4.79 Å². The molecule has 0 aliphatic carbocycles. The molecule has 4 heteroatoms. The van der Waals surface area contributed by atoms with Crippen LogP contribution in [0.25, 0.3) is 0 Å². The molecule has 1 aromatic rings. The quantitative estimate of drug-likeness (QED) is 0.858. The van der Waals surface area contributed by atoms with E-state index in [1.165, 1.54) is 0 Å². The molecule has 0 spiro atoms. The average Bonchev–Trinajstić information content (AvgIpc) is 2.35. The van der Waals surface area contributed by atoms with E-state index in [-0.39, 0.29) is 18.6 Å². The van der Waals surface area contributed by atoms with Crippen molar-refractivity contribution in [2.24, 2.45) is 11.7 Å². The molecule has 1 rings (SSSR count). The van der Waals surface area contributed by atoms with Crippen molar-refractivity contribution in [2.75, 3.05) is 18.0 Å². The Balaban J connectivity index is 2.87. The minimum absolute atomic E-state index is 0.0248. The normalized spacial score (nSPS) is 10.9. The number of ether oxygens (including phenoxy) is 1. The van der Waals surface area contributed by atoms with Gasteiger partial charge in [-0.2, -0.15) is 0 Å². The SMILES string of the molecule is CC(C)CN(C(=O)CN)c1ccc(OC(C)C)cc1. The second-order valence-corrected chi connectivity index (χ2v) is 5.26. The van der Waals surface area contributed by atoms with Gasteiger partial charge in [0.05, 0.1) is 12.6 Å². The molecule has 0 saturated heterocycles. The van der Waals surface area contributed by atoms with Gasteiger partial charge < -0.3 is 15.4 Å². The van der Waals surface area contributed by atoms with Gasteiger partial charge in [-0.1, -0.05) is 13.8 Å². The lowest BCUT2D eigenvalue weighted by atomic mass is 10.2. The Morgan fingerprint density at radius 3 is 2.21 bits per heavy atom. The lowest BCUT2D eigenvalue weighted by Crippen LogP contribution is -2.38. The van der Waals surface area contributed by atoms with Crippen LogP contribution in [-0.4, -0.2) is 25.1 Å². The van der Waals surface area contributed by atoms with Crippen molar-refractivity contribution in [3.63, 3.8) is 0 Å². The molecule has 2 N–H and O–H groups in total. The van der Waals surface area contributed by atoms with Gasteiger partial charge in [-0.3, -0.25) is 4.79 Å². The fraction of sp³-hybridized carbons (Fsp3) is 0.533. The zero-order chi connectivity index (χ0) is 14.4. The first-order chi connectivity index (χ1) is 8.93. The maximum atomic E-state index is 11.9. The molecule has 0 radical (unpaired) electrons. The molecule has 19 heavy (non-hydrogen) atoms. The molecule has 0 aromatic heterocycles. The van der Waals surface area contributed by atoms with Gasteiger partial charge in [-0.25, -0.2) is 0 Å². The Morgan fingerprint density at radius 1 is 1.21 bits per heavy atom. The Morgan fingerprint density at radius 2 is 1.79 bits per heavy atom. The molecule has 0 aliphatic rings. The van der Waals surface area contributed by atoms with Crippen LogP contribution in [0.15, 0.2) is 24.3 Å². The van der Waals surface area contributed by atoms with E-state index in [0.29, 0.717) is 12.5 Å². The Kier molecular flexibility index (Phi) is 5.83. The molecule has 0 atom stereocenters. The lowest BCUT2D eigenvalue weighted by Gasteiger charge is -2.24. The molecule has 4 nitrogen and oxygen atoms in total. The Labute approximate surface area is 115 Å². The number of amides is 1. The molecule has 0 aliphatic heterocycles. The summed E-state index contributed by atoms with van der Waals surface area (Å²) in [5.41, 5.74) is 6.33. The van der Waals surface area contributed by atoms with Crippen molar-refractivity contribution < 1.29 is 9.53 Å². The summed E-state index contributed by atoms with van der Waals surface area (Å²) in [5.74, 6) is 1.14. The van der Waals surface area contributed by atoms with Crippen molar-refractivity contribution in [1.29, 1.82) is 0 Å². The van der Waals surface area contributed by atoms with E-state index < -0.39 is 0 Å². The minimum Gasteiger partial charge on any atom is -0.491 e. The van der Waals surface area contributed by atoms with Gasteiger partial charge in [0.1, 0.15) is 5.75 Å². The third kappa shape index (κ3) is 4.91. The van der Waals surface area contributed by atoms with Gasteiger partial charge in [0.15, 0.2) is 0 Å². The number of carbonyl (C=O) groups excluding carboxylic acids is 1. The average molecular weight is 264 g/mol. The Hall–Kier alpha value is -1.55. The van der Waals surface area contributed by atoms with Crippen molar-refractivity contribution in [3.05, 3.63) is 24.3 Å². The molecule has 106 valence electrons. The van der Waals surface area contributed by atoms with Crippen LogP contribution in [0.1, 0.15) is 27.7 Å². The second kappa shape index (κ2) is 7.14. The van der Waals surface area contributed by atoms with Gasteiger partial charge in [-0.05, 0) is 44.0 Å². The molecule has 0 fully saturated rings. The monoisotopic (exact) mass is 264 g/mol. The summed E-state index contributed by atoms with van der Waals surface area (Å²) >= 11 is 0. The molecule has 0 heterocycles. The molecular weight excluding hydrogens is 240 g/mol. The van der Waals surface area contributed by atoms with E-state index in [2.05, 4.69) is 13.8 Å². The minimum atomic E-state index is -0.0637. The van der Waals surface area contributed by atoms with Crippen molar-refractivity contribution in [1.82, 2.24) is 0 Å². The van der Waals surface area contributed by atoms with E-state index in [4.69, 9.17) is 10.5 Å². The number of anilines is 1. The highest BCUT2D eigenvalue weighted by atomic mass is 16.5. The first kappa shape index (κ1) is 15.5. The fourth-order valence-electron chi connectivity index (χ4n) is 1.80. The molecular formula is C15H24N2O2. The van der Waals surface area contributed by atoms with Gasteiger partial charge in [0.2, 0.25) is 5.91 Å². The summed E-state index contributed by atoms with van der Waals surface area (Å²) < 4.78 is 5.59. The molecule has 1 amide bonds. The highest BCUT2D eigenvalue weighted by Crippen LogP contribution is 2.21. The van der Waals surface area contributed by atoms with Crippen molar-refractivity contribution in [2.45, 2.75) is 33.8 Å². The predicted octanol–water partition coefficient (Wildman–Crippen LogP) is 2.42. The predicted molar refractivity (Wildman–Crippen MR) is 78.5 cm³/mol. The highest BCUT2D eigenvalue weighted by Gasteiger charge is 2.15. The maximum absolute atomic E-state index is 11.9. The first-order valence-corrected chi connectivity index (χ1v) is 6.71.